The maximum Gasteiger partial charge on any atom is 0.136 e. The van der Waals surface area contributed by atoms with Gasteiger partial charge in [-0.15, -0.1) is 0 Å². The van der Waals surface area contributed by atoms with Crippen molar-refractivity contribution in [2.75, 3.05) is 0 Å². The van der Waals surface area contributed by atoms with Crippen LogP contribution in [0.25, 0.3) is 79.0 Å². The van der Waals surface area contributed by atoms with Crippen LogP contribution in [0.1, 0.15) is 6.92 Å². The minimum atomic E-state index is 0. The van der Waals surface area contributed by atoms with Crippen molar-refractivity contribution in [1.82, 2.24) is 29.9 Å². The number of hydrogen-bond donors (Lipinski definition) is 0. The Morgan fingerprint density at radius 3 is 0.500 bits per heavy atom. The van der Waals surface area contributed by atoms with Crippen LogP contribution in [-0.4, -0.2) is 29.9 Å². The average Bonchev–Trinajstić information content (AvgIpc) is 3.79. The molecule has 0 aliphatic carbocycles. The van der Waals surface area contributed by atoms with Crippen molar-refractivity contribution < 1.29 is 16.8 Å². The number of pyridine rings is 6. The Morgan fingerprint density at radius 1 is 0.227 bits per heavy atom. The predicted molar refractivity (Wildman–Crippen MR) is 318 cm³/mol. The molecule has 0 fully saturated rings. The van der Waals surface area contributed by atoms with E-state index < -0.39 is 0 Å². The van der Waals surface area contributed by atoms with E-state index in [0.29, 0.717) is 31.3 Å². The molecule has 0 atom stereocenters. The van der Waals surface area contributed by atoms with Crippen LogP contribution in [0.2, 0.25) is 0 Å². The first-order valence-corrected chi connectivity index (χ1v) is 24.8. The summed E-state index contributed by atoms with van der Waals surface area (Å²) >= 11 is 0. The smallest absolute Gasteiger partial charge is 0.136 e. The van der Waals surface area contributed by atoms with Gasteiger partial charge in [0.05, 0.1) is 51.6 Å². The molecule has 0 amide bonds. The molecule has 9 aromatic rings. The SMILES string of the molecule is CC#N.N#CC(C#N)=c1ccc(=C(C#N)C#N)cc1.N#CC(C#N)=c1ccc(=C(C#N)C#N)cc1.N#CC(C#N)=c1ccc(=C(C#N)C#N)cc1.[Co].c1ccc(-c2cccc(-c3ccccn3)n2)nc1.c1ccc(-c2cccc(-c3ccccn3)n2)nc1. The van der Waals surface area contributed by atoms with Gasteiger partial charge >= 0.3 is 0 Å². The van der Waals surface area contributed by atoms with Crippen molar-refractivity contribution in [3.05, 3.63) is 238 Å². The zero-order valence-corrected chi connectivity index (χ0v) is 47.0. The van der Waals surface area contributed by atoms with Crippen molar-refractivity contribution >= 4 is 33.4 Å². The zero-order chi connectivity index (χ0) is 63.0. The van der Waals surface area contributed by atoms with Gasteiger partial charge in [-0.25, -0.2) is 9.97 Å². The van der Waals surface area contributed by atoms with E-state index in [4.69, 9.17) is 68.4 Å². The van der Waals surface area contributed by atoms with Crippen LogP contribution >= 0.6 is 0 Å². The summed E-state index contributed by atoms with van der Waals surface area (Å²) in [5.41, 5.74) is 6.93. The third kappa shape index (κ3) is 20.6. The van der Waals surface area contributed by atoms with Gasteiger partial charge < -0.3 is 0 Å². The first-order valence-electron chi connectivity index (χ1n) is 24.8. The third-order valence-corrected chi connectivity index (χ3v) is 10.9. The standard InChI is InChI=1S/2C15H11N3.3C12H4N4.C2H3N.Co/c2*1-3-10-16-12(6-1)14-8-5-9-15(18-14)13-7-2-4-11-17-13;3*13-5-11(6-14)9-1-2-10(4-3-9)12(7-15)8-16;1-2-3;/h2*1-11H;3*1-4H;1H3;. The van der Waals surface area contributed by atoms with E-state index in [2.05, 4.69) is 29.9 Å². The first-order chi connectivity index (χ1) is 42.6. The number of nitrogens with zero attached hydrogens (tertiary/aromatic N) is 19. The molecule has 0 N–H and O–H groups in total. The van der Waals surface area contributed by atoms with Crippen LogP contribution in [0.4, 0.5) is 0 Å². The van der Waals surface area contributed by atoms with Crippen LogP contribution in [0.3, 0.4) is 0 Å². The molecule has 20 heteroatoms. The number of hydrogen-bond acceptors (Lipinski definition) is 19. The maximum absolute atomic E-state index is 8.63. The van der Waals surface area contributed by atoms with Gasteiger partial charge in [0.15, 0.2) is 0 Å². The van der Waals surface area contributed by atoms with E-state index >= 15 is 0 Å². The summed E-state index contributed by atoms with van der Waals surface area (Å²) in [4.78, 5) is 26.4. The Kier molecular flexibility index (Phi) is 29.6. The summed E-state index contributed by atoms with van der Waals surface area (Å²) in [7, 11) is 0. The van der Waals surface area contributed by atoms with E-state index in [0.717, 1.165) is 45.6 Å². The van der Waals surface area contributed by atoms with Gasteiger partial charge in [0.25, 0.3) is 0 Å². The van der Waals surface area contributed by atoms with Gasteiger partial charge in [-0.2, -0.15) is 68.4 Å². The van der Waals surface area contributed by atoms with E-state index in [-0.39, 0.29) is 50.2 Å². The fourth-order valence-corrected chi connectivity index (χ4v) is 6.83. The molecule has 413 valence electrons. The predicted octanol–water partition coefficient (Wildman–Crippen LogP) is 7.19. The van der Waals surface area contributed by atoms with E-state index in [1.165, 1.54) is 79.7 Å². The minimum absolute atomic E-state index is 0. The quantitative estimate of drug-likeness (QED) is 0.168. The largest absolute Gasteiger partial charge is 0.255 e. The molecule has 88 heavy (non-hydrogen) atoms. The molecule has 6 aromatic heterocycles. The molecule has 0 saturated carbocycles. The Balaban J connectivity index is 0.000000284. The van der Waals surface area contributed by atoms with Crippen LogP contribution in [0, 0.1) is 147 Å². The molecule has 6 heterocycles. The Morgan fingerprint density at radius 2 is 0.375 bits per heavy atom. The summed E-state index contributed by atoms with van der Waals surface area (Å²) in [5, 5.41) is 114. The van der Waals surface area contributed by atoms with E-state index in [9.17, 15) is 0 Å². The fourth-order valence-electron chi connectivity index (χ4n) is 6.83. The number of nitriles is 13. The minimum Gasteiger partial charge on any atom is -0.255 e. The summed E-state index contributed by atoms with van der Waals surface area (Å²) in [6.45, 7) is 1.43. The van der Waals surface area contributed by atoms with Crippen LogP contribution in [0.15, 0.2) is 207 Å². The molecule has 9 rings (SSSR count). The molecule has 0 saturated heterocycles. The van der Waals surface area contributed by atoms with Crippen molar-refractivity contribution in [1.29, 1.82) is 68.4 Å². The van der Waals surface area contributed by atoms with Gasteiger partial charge in [0, 0.05) is 79.8 Å². The second kappa shape index (κ2) is 38.3. The van der Waals surface area contributed by atoms with Gasteiger partial charge in [-0.3, -0.25) is 19.9 Å². The summed E-state index contributed by atoms with van der Waals surface area (Å²) in [5.74, 6) is 0. The second-order valence-electron chi connectivity index (χ2n) is 16.2. The maximum atomic E-state index is 8.63. The van der Waals surface area contributed by atoms with E-state index in [1.807, 2.05) is 109 Å². The van der Waals surface area contributed by atoms with Crippen molar-refractivity contribution in [3.63, 3.8) is 0 Å². The van der Waals surface area contributed by atoms with Gasteiger partial charge in [-0.05, 0) is 72.8 Å². The van der Waals surface area contributed by atoms with Crippen molar-refractivity contribution in [3.8, 4) is 124 Å². The monoisotopic (exact) mass is 1180 g/mol. The van der Waals surface area contributed by atoms with Gasteiger partial charge in [0.2, 0.25) is 0 Å². The van der Waals surface area contributed by atoms with Crippen LogP contribution < -0.4 is 31.3 Å². The third-order valence-electron chi connectivity index (χ3n) is 10.9. The fraction of sp³-hybridized carbons (Fsp3) is 0.0147. The first kappa shape index (κ1) is 67.9. The zero-order valence-electron chi connectivity index (χ0n) is 46.0. The molecule has 0 aliphatic heterocycles. The summed E-state index contributed by atoms with van der Waals surface area (Å²) < 4.78 is 0. The summed E-state index contributed by atoms with van der Waals surface area (Å²) in [6, 6.07) is 76.3. The number of aromatic nitrogens is 6. The van der Waals surface area contributed by atoms with E-state index in [1.54, 1.807) is 104 Å². The topological polar surface area (TPSA) is 387 Å². The molecular weight excluding hydrogens is 1140 g/mol. The molecule has 19 nitrogen and oxygen atoms in total. The van der Waals surface area contributed by atoms with Crippen molar-refractivity contribution in [2.24, 2.45) is 0 Å². The Labute approximate surface area is 515 Å². The normalized spacial score (nSPS) is 8.50. The molecular formula is C68H37CoN19. The molecule has 1 radical (unpaired) electrons. The van der Waals surface area contributed by atoms with Gasteiger partial charge in [-0.1, -0.05) is 109 Å². The Bertz CT molecular complexity index is 4040. The molecule has 0 spiro atoms. The average molecular weight is 1180 g/mol. The van der Waals surface area contributed by atoms with Crippen LogP contribution in [0.5, 0.6) is 0 Å². The number of rotatable bonds is 4. The number of benzene rings is 3. The Hall–Kier alpha value is -14.3. The molecule has 0 aliphatic rings. The summed E-state index contributed by atoms with van der Waals surface area (Å²) in [6.07, 6.45) is 7.07. The molecule has 3 aromatic carbocycles. The molecule has 0 bridgehead atoms. The second-order valence-corrected chi connectivity index (χ2v) is 16.2. The van der Waals surface area contributed by atoms with Gasteiger partial charge in [0.1, 0.15) is 106 Å². The van der Waals surface area contributed by atoms with Crippen LogP contribution in [-0.2, 0) is 16.8 Å². The molecule has 0 unspecified atom stereocenters. The van der Waals surface area contributed by atoms with Crippen molar-refractivity contribution in [2.45, 2.75) is 6.92 Å².